The molecule has 0 aromatic carbocycles. The Bertz CT molecular complexity index is 233. The summed E-state index contributed by atoms with van der Waals surface area (Å²) in [7, 11) is 0. The number of ether oxygens (including phenoxy) is 1. The van der Waals surface area contributed by atoms with E-state index in [1.165, 1.54) is 38.5 Å². The van der Waals surface area contributed by atoms with Crippen LogP contribution in [0.25, 0.3) is 0 Å². The molecule has 0 saturated heterocycles. The molecule has 3 nitrogen and oxygen atoms in total. The van der Waals surface area contributed by atoms with Gasteiger partial charge in [-0.15, -0.1) is 0 Å². The molecule has 1 saturated carbocycles. The van der Waals surface area contributed by atoms with Gasteiger partial charge in [0.05, 0.1) is 18.8 Å². The molecule has 1 fully saturated rings. The summed E-state index contributed by atoms with van der Waals surface area (Å²) in [6.45, 7) is 8.97. The number of hydrogen-bond donors (Lipinski definition) is 2. The molecule has 0 amide bonds. The number of nitrogens with one attached hydrogen (secondary N) is 1. The van der Waals surface area contributed by atoms with E-state index in [1.807, 2.05) is 0 Å². The number of hydrogen-bond acceptors (Lipinski definition) is 3. The molecule has 0 radical (unpaired) electrons. The van der Waals surface area contributed by atoms with Gasteiger partial charge in [0.2, 0.25) is 0 Å². The van der Waals surface area contributed by atoms with Crippen molar-refractivity contribution in [2.45, 2.75) is 77.9 Å². The second-order valence-electron chi connectivity index (χ2n) is 6.97. The third kappa shape index (κ3) is 8.93. The van der Waals surface area contributed by atoms with E-state index in [2.05, 4.69) is 26.1 Å². The van der Waals surface area contributed by atoms with E-state index < -0.39 is 0 Å². The maximum atomic E-state index is 9.90. The van der Waals surface area contributed by atoms with Crippen LogP contribution in [0, 0.1) is 11.8 Å². The number of aliphatic hydroxyl groups excluding tert-OH is 1. The molecule has 1 aliphatic carbocycles. The first kappa shape index (κ1) is 17.9. The lowest BCUT2D eigenvalue weighted by Gasteiger charge is -2.27. The van der Waals surface area contributed by atoms with Crippen molar-refractivity contribution in [2.75, 3.05) is 19.7 Å². The Kier molecular flexibility index (Phi) is 9.49. The highest BCUT2D eigenvalue weighted by atomic mass is 16.5. The zero-order chi connectivity index (χ0) is 14.8. The summed E-state index contributed by atoms with van der Waals surface area (Å²) in [6.07, 6.45) is 8.72. The molecule has 1 rings (SSSR count). The van der Waals surface area contributed by atoms with Crippen molar-refractivity contribution in [1.82, 2.24) is 5.32 Å². The highest BCUT2D eigenvalue weighted by molar-refractivity contribution is 4.71. The second-order valence-corrected chi connectivity index (χ2v) is 6.97. The lowest BCUT2D eigenvalue weighted by molar-refractivity contribution is -0.0305. The topological polar surface area (TPSA) is 41.5 Å². The SMILES string of the molecule is CC(C)CCCCNCC(O)COC1CCCC(C)C1. The molecule has 0 bridgehead atoms. The molecular weight excluding hydrogens is 250 g/mol. The van der Waals surface area contributed by atoms with E-state index in [-0.39, 0.29) is 6.10 Å². The van der Waals surface area contributed by atoms with Crippen LogP contribution in [0.3, 0.4) is 0 Å². The lowest BCUT2D eigenvalue weighted by atomic mass is 9.89. The van der Waals surface area contributed by atoms with E-state index in [4.69, 9.17) is 4.74 Å². The van der Waals surface area contributed by atoms with Gasteiger partial charge in [0, 0.05) is 6.54 Å². The van der Waals surface area contributed by atoms with E-state index in [1.54, 1.807) is 0 Å². The first-order valence-electron chi connectivity index (χ1n) is 8.58. The van der Waals surface area contributed by atoms with Gasteiger partial charge in [-0.3, -0.25) is 0 Å². The van der Waals surface area contributed by atoms with Crippen LogP contribution < -0.4 is 5.32 Å². The molecule has 3 unspecified atom stereocenters. The summed E-state index contributed by atoms with van der Waals surface area (Å²) < 4.78 is 5.83. The van der Waals surface area contributed by atoms with Gasteiger partial charge in [-0.2, -0.15) is 0 Å². The van der Waals surface area contributed by atoms with Crippen LogP contribution in [0.15, 0.2) is 0 Å². The van der Waals surface area contributed by atoms with Crippen molar-refractivity contribution in [2.24, 2.45) is 11.8 Å². The molecule has 0 spiro atoms. The molecular formula is C17H35NO2. The predicted octanol–water partition coefficient (Wildman–Crippen LogP) is 3.36. The van der Waals surface area contributed by atoms with Gasteiger partial charge in [-0.25, -0.2) is 0 Å². The number of aliphatic hydroxyl groups is 1. The highest BCUT2D eigenvalue weighted by Crippen LogP contribution is 2.25. The summed E-state index contributed by atoms with van der Waals surface area (Å²) in [5.41, 5.74) is 0. The minimum absolute atomic E-state index is 0.364. The summed E-state index contributed by atoms with van der Waals surface area (Å²) in [5, 5.41) is 13.2. The second kappa shape index (κ2) is 10.6. The van der Waals surface area contributed by atoms with Gasteiger partial charge < -0.3 is 15.2 Å². The van der Waals surface area contributed by atoms with E-state index >= 15 is 0 Å². The molecule has 120 valence electrons. The fourth-order valence-corrected chi connectivity index (χ4v) is 2.91. The quantitative estimate of drug-likeness (QED) is 0.605. The molecule has 0 heterocycles. The Morgan fingerprint density at radius 2 is 2.05 bits per heavy atom. The van der Waals surface area contributed by atoms with Crippen LogP contribution in [0.2, 0.25) is 0 Å². The van der Waals surface area contributed by atoms with Gasteiger partial charge >= 0.3 is 0 Å². The van der Waals surface area contributed by atoms with E-state index in [9.17, 15) is 5.11 Å². The zero-order valence-electron chi connectivity index (χ0n) is 13.7. The average molecular weight is 285 g/mol. The van der Waals surface area contributed by atoms with Crippen LogP contribution in [0.1, 0.15) is 65.7 Å². The van der Waals surface area contributed by atoms with Gasteiger partial charge in [0.1, 0.15) is 0 Å². The standard InChI is InChI=1S/C17H35NO2/c1-14(2)7-4-5-10-18-12-16(19)13-20-17-9-6-8-15(3)11-17/h14-19H,4-13H2,1-3H3. The molecule has 0 aromatic rings. The first-order chi connectivity index (χ1) is 9.58. The first-order valence-corrected chi connectivity index (χ1v) is 8.58. The smallest absolute Gasteiger partial charge is 0.0897 e. The largest absolute Gasteiger partial charge is 0.389 e. The number of unbranched alkanes of at least 4 members (excludes halogenated alkanes) is 1. The third-order valence-electron chi connectivity index (χ3n) is 4.18. The van der Waals surface area contributed by atoms with Crippen LogP contribution in [-0.2, 0) is 4.74 Å². The Morgan fingerprint density at radius 3 is 2.75 bits per heavy atom. The zero-order valence-corrected chi connectivity index (χ0v) is 13.7. The van der Waals surface area contributed by atoms with Crippen molar-refractivity contribution in [1.29, 1.82) is 0 Å². The Morgan fingerprint density at radius 1 is 1.25 bits per heavy atom. The Hall–Kier alpha value is -0.120. The molecule has 1 aliphatic rings. The highest BCUT2D eigenvalue weighted by Gasteiger charge is 2.20. The van der Waals surface area contributed by atoms with Crippen molar-refractivity contribution in [3.05, 3.63) is 0 Å². The maximum Gasteiger partial charge on any atom is 0.0897 e. The Balaban J connectivity index is 1.93. The molecule has 20 heavy (non-hydrogen) atoms. The van der Waals surface area contributed by atoms with Gasteiger partial charge in [0.15, 0.2) is 0 Å². The van der Waals surface area contributed by atoms with Crippen LogP contribution in [0.5, 0.6) is 0 Å². The van der Waals surface area contributed by atoms with Crippen LogP contribution >= 0.6 is 0 Å². The predicted molar refractivity (Wildman–Crippen MR) is 84.9 cm³/mol. The fraction of sp³-hybridized carbons (Fsp3) is 1.00. The molecule has 3 heteroatoms. The van der Waals surface area contributed by atoms with Gasteiger partial charge in [-0.05, 0) is 37.6 Å². The van der Waals surface area contributed by atoms with Crippen molar-refractivity contribution in [3.8, 4) is 0 Å². The summed E-state index contributed by atoms with van der Waals surface area (Å²) in [6, 6.07) is 0. The summed E-state index contributed by atoms with van der Waals surface area (Å²) in [4.78, 5) is 0. The normalized spacial score (nSPS) is 25.1. The monoisotopic (exact) mass is 285 g/mol. The summed E-state index contributed by atoms with van der Waals surface area (Å²) in [5.74, 6) is 1.58. The summed E-state index contributed by atoms with van der Waals surface area (Å²) >= 11 is 0. The molecule has 0 aromatic heterocycles. The van der Waals surface area contributed by atoms with Crippen molar-refractivity contribution in [3.63, 3.8) is 0 Å². The Labute approximate surface area is 125 Å². The van der Waals surface area contributed by atoms with E-state index in [0.29, 0.717) is 19.3 Å². The molecule has 0 aliphatic heterocycles. The number of rotatable bonds is 10. The maximum absolute atomic E-state index is 9.90. The lowest BCUT2D eigenvalue weighted by Crippen LogP contribution is -2.33. The van der Waals surface area contributed by atoms with Gasteiger partial charge in [0.25, 0.3) is 0 Å². The van der Waals surface area contributed by atoms with Crippen LogP contribution in [-0.4, -0.2) is 37.0 Å². The van der Waals surface area contributed by atoms with Crippen LogP contribution in [0.4, 0.5) is 0 Å². The molecule has 2 N–H and O–H groups in total. The fourth-order valence-electron chi connectivity index (χ4n) is 2.91. The average Bonchev–Trinajstić information content (AvgIpc) is 2.40. The minimum Gasteiger partial charge on any atom is -0.389 e. The minimum atomic E-state index is -0.364. The molecule has 3 atom stereocenters. The van der Waals surface area contributed by atoms with E-state index in [0.717, 1.165) is 24.8 Å². The van der Waals surface area contributed by atoms with Gasteiger partial charge in [-0.1, -0.05) is 46.5 Å². The van der Waals surface area contributed by atoms with Crippen molar-refractivity contribution < 1.29 is 9.84 Å². The van der Waals surface area contributed by atoms with Crippen molar-refractivity contribution >= 4 is 0 Å². The third-order valence-corrected chi connectivity index (χ3v) is 4.18.